The third kappa shape index (κ3) is 2.63. The van der Waals surface area contributed by atoms with Crippen LogP contribution in [0.3, 0.4) is 0 Å². The fourth-order valence-corrected chi connectivity index (χ4v) is 3.45. The smallest absolute Gasteiger partial charge is 0.335 e. The van der Waals surface area contributed by atoms with Gasteiger partial charge in [0.1, 0.15) is 10.5 Å². The minimum absolute atomic E-state index is 0.162. The Hall–Kier alpha value is -2.45. The van der Waals surface area contributed by atoms with Crippen molar-refractivity contribution in [2.45, 2.75) is 6.92 Å². The van der Waals surface area contributed by atoms with Gasteiger partial charge in [-0.15, -0.1) is 11.3 Å². The highest BCUT2D eigenvalue weighted by molar-refractivity contribution is 7.15. The topological polar surface area (TPSA) is 88.7 Å². The molecular weight excluding hydrogens is 330 g/mol. The normalized spacial score (nSPS) is 15.1. The third-order valence-corrected chi connectivity index (χ3v) is 4.81. The molecule has 4 rings (SSSR count). The zero-order valence-corrected chi connectivity index (χ0v) is 13.8. The Morgan fingerprint density at radius 1 is 1.33 bits per heavy atom. The average Bonchev–Trinajstić information content (AvgIpc) is 3.20. The molecule has 0 radical (unpaired) electrons. The molecule has 124 valence electrons. The van der Waals surface area contributed by atoms with Gasteiger partial charge >= 0.3 is 5.97 Å². The molecule has 1 N–H and O–H groups in total. The molecule has 3 aromatic rings. The Bertz CT molecular complexity index is 911. The number of fused-ring (bicyclic) bond motifs is 1. The molecule has 1 aromatic carbocycles. The molecule has 1 aliphatic heterocycles. The van der Waals surface area contributed by atoms with Gasteiger partial charge in [0.15, 0.2) is 5.58 Å². The lowest BCUT2D eigenvalue weighted by Crippen LogP contribution is -2.36. The standard InChI is InChI=1S/C16H15N3O4S/c1-9-8-17-14(24-9)11-6-10(15(20)21)7-12-13(11)18-16(23-12)19-2-4-22-5-3-19/h6-8H,2-5H2,1H3,(H,20,21). The number of hydrogen-bond donors (Lipinski definition) is 1. The van der Waals surface area contributed by atoms with Crippen LogP contribution in [0.25, 0.3) is 21.7 Å². The number of aromatic nitrogens is 2. The first-order valence-electron chi connectivity index (χ1n) is 7.55. The Kier molecular flexibility index (Phi) is 3.70. The molecule has 3 heterocycles. The second kappa shape index (κ2) is 5.88. The molecule has 0 saturated carbocycles. The van der Waals surface area contributed by atoms with Crippen LogP contribution in [0.2, 0.25) is 0 Å². The molecule has 1 aliphatic rings. The van der Waals surface area contributed by atoms with Crippen molar-refractivity contribution in [2.75, 3.05) is 31.2 Å². The number of carbonyl (C=O) groups is 1. The summed E-state index contributed by atoms with van der Waals surface area (Å²) in [6, 6.07) is 3.61. The minimum Gasteiger partial charge on any atom is -0.478 e. The summed E-state index contributed by atoms with van der Waals surface area (Å²) in [5, 5.41) is 10.1. The van der Waals surface area contributed by atoms with Gasteiger partial charge in [-0.25, -0.2) is 9.78 Å². The number of carboxylic acids is 1. The third-order valence-electron chi connectivity index (χ3n) is 3.86. The maximum absolute atomic E-state index is 11.4. The van der Waals surface area contributed by atoms with Crippen LogP contribution >= 0.6 is 11.3 Å². The molecule has 0 bridgehead atoms. The molecule has 0 amide bonds. The number of aryl methyl sites for hydroxylation is 1. The summed E-state index contributed by atoms with van der Waals surface area (Å²) in [4.78, 5) is 23.5. The van der Waals surface area contributed by atoms with E-state index in [1.54, 1.807) is 12.3 Å². The van der Waals surface area contributed by atoms with Gasteiger partial charge in [-0.1, -0.05) is 0 Å². The van der Waals surface area contributed by atoms with Gasteiger partial charge in [-0.2, -0.15) is 4.98 Å². The van der Waals surface area contributed by atoms with Crippen molar-refractivity contribution in [2.24, 2.45) is 0 Å². The van der Waals surface area contributed by atoms with E-state index in [9.17, 15) is 9.90 Å². The lowest BCUT2D eigenvalue weighted by Gasteiger charge is -2.24. The highest BCUT2D eigenvalue weighted by Gasteiger charge is 2.21. The Morgan fingerprint density at radius 2 is 2.12 bits per heavy atom. The molecular formula is C16H15N3O4S. The van der Waals surface area contributed by atoms with Crippen molar-refractivity contribution in [1.82, 2.24) is 9.97 Å². The van der Waals surface area contributed by atoms with Crippen LogP contribution in [0.1, 0.15) is 15.2 Å². The monoisotopic (exact) mass is 345 g/mol. The Labute approximate surface area is 141 Å². The van der Waals surface area contributed by atoms with Crippen molar-refractivity contribution in [1.29, 1.82) is 0 Å². The van der Waals surface area contributed by atoms with E-state index in [-0.39, 0.29) is 5.56 Å². The number of benzene rings is 1. The highest BCUT2D eigenvalue weighted by Crippen LogP contribution is 2.34. The van der Waals surface area contributed by atoms with Crippen LogP contribution in [0, 0.1) is 6.92 Å². The summed E-state index contributed by atoms with van der Waals surface area (Å²) in [5.41, 5.74) is 1.94. The van der Waals surface area contributed by atoms with Gasteiger partial charge in [-0.3, -0.25) is 0 Å². The number of carboxylic acid groups (broad SMARTS) is 1. The second-order valence-corrected chi connectivity index (χ2v) is 6.78. The molecule has 24 heavy (non-hydrogen) atoms. The predicted molar refractivity (Wildman–Crippen MR) is 89.8 cm³/mol. The first-order chi connectivity index (χ1) is 11.6. The largest absolute Gasteiger partial charge is 0.478 e. The van der Waals surface area contributed by atoms with E-state index in [2.05, 4.69) is 9.97 Å². The quantitative estimate of drug-likeness (QED) is 0.781. The van der Waals surface area contributed by atoms with Crippen LogP contribution in [0.15, 0.2) is 22.7 Å². The summed E-state index contributed by atoms with van der Waals surface area (Å²) in [6.07, 6.45) is 1.77. The van der Waals surface area contributed by atoms with E-state index in [0.29, 0.717) is 49.0 Å². The van der Waals surface area contributed by atoms with Crippen LogP contribution in [0.5, 0.6) is 0 Å². The molecule has 2 aromatic heterocycles. The summed E-state index contributed by atoms with van der Waals surface area (Å²) in [7, 11) is 0. The molecule has 0 atom stereocenters. The number of rotatable bonds is 3. The fraction of sp³-hybridized carbons (Fsp3) is 0.312. The first-order valence-corrected chi connectivity index (χ1v) is 8.37. The molecule has 8 heteroatoms. The highest BCUT2D eigenvalue weighted by atomic mass is 32.1. The number of thiazole rings is 1. The van der Waals surface area contributed by atoms with Crippen molar-refractivity contribution in [3.63, 3.8) is 0 Å². The molecule has 1 fully saturated rings. The zero-order chi connectivity index (χ0) is 16.7. The van der Waals surface area contributed by atoms with Crippen LogP contribution in [0.4, 0.5) is 6.01 Å². The molecule has 1 saturated heterocycles. The van der Waals surface area contributed by atoms with E-state index < -0.39 is 5.97 Å². The van der Waals surface area contributed by atoms with Crippen LogP contribution in [-0.2, 0) is 4.74 Å². The average molecular weight is 345 g/mol. The molecule has 0 aliphatic carbocycles. The number of oxazole rings is 1. The second-order valence-electron chi connectivity index (χ2n) is 5.55. The van der Waals surface area contributed by atoms with Gasteiger partial charge in [0, 0.05) is 29.7 Å². The number of anilines is 1. The van der Waals surface area contributed by atoms with Crippen molar-refractivity contribution in [3.8, 4) is 10.6 Å². The summed E-state index contributed by atoms with van der Waals surface area (Å²) < 4.78 is 11.2. The predicted octanol–water partition coefficient (Wildman–Crippen LogP) is 2.79. The van der Waals surface area contributed by atoms with Gasteiger partial charge in [0.25, 0.3) is 6.01 Å². The maximum Gasteiger partial charge on any atom is 0.335 e. The van der Waals surface area contributed by atoms with Gasteiger partial charge in [-0.05, 0) is 19.1 Å². The Morgan fingerprint density at radius 3 is 2.79 bits per heavy atom. The van der Waals surface area contributed by atoms with E-state index in [0.717, 1.165) is 9.88 Å². The van der Waals surface area contributed by atoms with E-state index in [1.165, 1.54) is 17.4 Å². The summed E-state index contributed by atoms with van der Waals surface area (Å²) >= 11 is 1.50. The number of hydrogen-bond acceptors (Lipinski definition) is 7. The van der Waals surface area contributed by atoms with Gasteiger partial charge in [0.2, 0.25) is 0 Å². The maximum atomic E-state index is 11.4. The number of aromatic carboxylic acids is 1. The van der Waals surface area contributed by atoms with Gasteiger partial charge < -0.3 is 19.2 Å². The summed E-state index contributed by atoms with van der Waals surface area (Å²) in [5.74, 6) is -1.00. The first kappa shape index (κ1) is 15.1. The lowest BCUT2D eigenvalue weighted by molar-refractivity contribution is 0.0697. The number of morpholine rings is 1. The zero-order valence-electron chi connectivity index (χ0n) is 13.0. The molecule has 7 nitrogen and oxygen atoms in total. The SMILES string of the molecule is Cc1cnc(-c2cc(C(=O)O)cc3oc(N4CCOCC4)nc23)s1. The van der Waals surface area contributed by atoms with Gasteiger partial charge in [0.05, 0.1) is 18.8 Å². The lowest BCUT2D eigenvalue weighted by atomic mass is 10.1. The summed E-state index contributed by atoms with van der Waals surface area (Å²) in [6.45, 7) is 4.60. The van der Waals surface area contributed by atoms with Crippen molar-refractivity contribution >= 4 is 34.4 Å². The number of ether oxygens (including phenoxy) is 1. The van der Waals surface area contributed by atoms with E-state index >= 15 is 0 Å². The Balaban J connectivity index is 1.88. The van der Waals surface area contributed by atoms with E-state index in [4.69, 9.17) is 9.15 Å². The van der Waals surface area contributed by atoms with Crippen LogP contribution < -0.4 is 4.90 Å². The molecule has 0 unspecified atom stereocenters. The van der Waals surface area contributed by atoms with E-state index in [1.807, 2.05) is 11.8 Å². The molecule has 0 spiro atoms. The minimum atomic E-state index is -1.00. The van der Waals surface area contributed by atoms with Crippen molar-refractivity contribution < 1.29 is 19.1 Å². The van der Waals surface area contributed by atoms with Crippen LogP contribution in [-0.4, -0.2) is 47.3 Å². The van der Waals surface area contributed by atoms with Crippen molar-refractivity contribution in [3.05, 3.63) is 28.8 Å². The number of nitrogens with zero attached hydrogens (tertiary/aromatic N) is 3. The fourth-order valence-electron chi connectivity index (χ4n) is 2.67.